The minimum atomic E-state index is -0.0714. The van der Waals surface area contributed by atoms with Gasteiger partial charge in [0.1, 0.15) is 13.2 Å². The molecule has 0 N–H and O–H groups in total. The number of carbonyl (C=O) groups is 2. The second kappa shape index (κ2) is 9.88. The molecular formula is C24H24N2O4S. The number of hydrogen-bond donors (Lipinski definition) is 0. The third kappa shape index (κ3) is 5.20. The lowest BCUT2D eigenvalue weighted by Crippen LogP contribution is -2.41. The first-order valence-corrected chi connectivity index (χ1v) is 11.6. The fourth-order valence-electron chi connectivity index (χ4n) is 3.85. The van der Waals surface area contributed by atoms with E-state index in [9.17, 15) is 9.59 Å². The van der Waals surface area contributed by atoms with Crippen molar-refractivity contribution in [3.05, 3.63) is 59.2 Å². The highest BCUT2D eigenvalue weighted by molar-refractivity contribution is 7.99. The van der Waals surface area contributed by atoms with Crippen molar-refractivity contribution < 1.29 is 19.1 Å². The van der Waals surface area contributed by atoms with Gasteiger partial charge in [-0.2, -0.15) is 5.26 Å². The van der Waals surface area contributed by atoms with Crippen LogP contribution in [0.4, 0.5) is 0 Å². The molecule has 1 amide bonds. The lowest BCUT2D eigenvalue weighted by Gasteiger charge is -2.31. The lowest BCUT2D eigenvalue weighted by atomic mass is 9.88. The first-order valence-electron chi connectivity index (χ1n) is 10.4. The third-order valence-electron chi connectivity index (χ3n) is 5.62. The highest BCUT2D eigenvalue weighted by Crippen LogP contribution is 2.32. The van der Waals surface area contributed by atoms with Crippen LogP contribution in [0.2, 0.25) is 0 Å². The fraction of sp³-hybridized carbons (Fsp3) is 0.375. The van der Waals surface area contributed by atoms with E-state index in [1.54, 1.807) is 42.1 Å². The number of likely N-dealkylation sites (tertiary alicyclic amines) is 1. The predicted octanol–water partition coefficient (Wildman–Crippen LogP) is 3.68. The van der Waals surface area contributed by atoms with Gasteiger partial charge < -0.3 is 14.4 Å². The van der Waals surface area contributed by atoms with Crippen LogP contribution in [0.15, 0.2) is 42.5 Å². The maximum absolute atomic E-state index is 12.9. The van der Waals surface area contributed by atoms with Gasteiger partial charge in [-0.3, -0.25) is 9.59 Å². The van der Waals surface area contributed by atoms with E-state index in [0.29, 0.717) is 67.5 Å². The number of hydrogen-bond acceptors (Lipinski definition) is 6. The Kier molecular flexibility index (Phi) is 6.78. The standard InChI is InChI=1S/C24H24N2O4S/c25-14-17-1-3-18(4-2-17)15-31-16-23(27)26-9-7-19(8-10-26)24(28)20-5-6-21-22(13-20)30-12-11-29-21/h1-6,13,19H,7-12,15-16H2. The number of carbonyl (C=O) groups excluding carboxylic acids is 2. The van der Waals surface area contributed by atoms with E-state index in [1.807, 2.05) is 17.0 Å². The molecule has 6 nitrogen and oxygen atoms in total. The predicted molar refractivity (Wildman–Crippen MR) is 118 cm³/mol. The molecule has 0 radical (unpaired) electrons. The van der Waals surface area contributed by atoms with Crippen LogP contribution in [0, 0.1) is 17.2 Å². The fourth-order valence-corrected chi connectivity index (χ4v) is 4.73. The van der Waals surface area contributed by atoms with E-state index in [2.05, 4.69) is 6.07 Å². The van der Waals surface area contributed by atoms with Crippen LogP contribution >= 0.6 is 11.8 Å². The van der Waals surface area contributed by atoms with Crippen LogP contribution in [0.3, 0.4) is 0 Å². The van der Waals surface area contributed by atoms with E-state index in [-0.39, 0.29) is 17.6 Å². The van der Waals surface area contributed by atoms with Gasteiger partial charge in [-0.05, 0) is 48.7 Å². The van der Waals surface area contributed by atoms with Crippen LogP contribution in [0.1, 0.15) is 34.3 Å². The van der Waals surface area contributed by atoms with E-state index >= 15 is 0 Å². The van der Waals surface area contributed by atoms with Gasteiger partial charge in [0.05, 0.1) is 17.4 Å². The second-order valence-corrected chi connectivity index (χ2v) is 8.66. The Hall–Kier alpha value is -2.98. The van der Waals surface area contributed by atoms with Crippen molar-refractivity contribution in [2.75, 3.05) is 32.1 Å². The molecule has 0 atom stereocenters. The van der Waals surface area contributed by atoms with Crippen molar-refractivity contribution in [3.63, 3.8) is 0 Å². The topological polar surface area (TPSA) is 79.6 Å². The molecule has 160 valence electrons. The second-order valence-electron chi connectivity index (χ2n) is 7.68. The maximum Gasteiger partial charge on any atom is 0.232 e. The number of Topliss-reactive ketones (excluding diaryl/α,β-unsaturated/α-hetero) is 1. The van der Waals surface area contributed by atoms with Crippen molar-refractivity contribution in [1.29, 1.82) is 5.26 Å². The van der Waals surface area contributed by atoms with Gasteiger partial charge in [-0.15, -0.1) is 11.8 Å². The molecule has 0 saturated carbocycles. The quantitative estimate of drug-likeness (QED) is 0.643. The molecule has 1 fully saturated rings. The number of nitriles is 1. The normalized spacial score (nSPS) is 15.9. The number of thioether (sulfide) groups is 1. The molecule has 31 heavy (non-hydrogen) atoms. The summed E-state index contributed by atoms with van der Waals surface area (Å²) < 4.78 is 11.1. The maximum atomic E-state index is 12.9. The highest BCUT2D eigenvalue weighted by Gasteiger charge is 2.28. The molecule has 0 aromatic heterocycles. The third-order valence-corrected chi connectivity index (χ3v) is 6.61. The average molecular weight is 437 g/mol. The van der Waals surface area contributed by atoms with Gasteiger partial charge >= 0.3 is 0 Å². The molecule has 2 aromatic carbocycles. The van der Waals surface area contributed by atoms with Crippen LogP contribution < -0.4 is 9.47 Å². The van der Waals surface area contributed by atoms with Crippen molar-refractivity contribution >= 4 is 23.5 Å². The molecule has 7 heteroatoms. The van der Waals surface area contributed by atoms with Crippen molar-refractivity contribution in [3.8, 4) is 17.6 Å². The highest BCUT2D eigenvalue weighted by atomic mass is 32.2. The van der Waals surface area contributed by atoms with Crippen LogP contribution in [0.5, 0.6) is 11.5 Å². The van der Waals surface area contributed by atoms with Crippen LogP contribution in [-0.2, 0) is 10.5 Å². The molecule has 2 aliphatic heterocycles. The Morgan fingerprint density at radius 1 is 1.03 bits per heavy atom. The Labute approximate surface area is 186 Å². The summed E-state index contributed by atoms with van der Waals surface area (Å²) in [6, 6.07) is 14.9. The summed E-state index contributed by atoms with van der Waals surface area (Å²) in [6.45, 7) is 2.24. The number of ether oxygens (including phenoxy) is 2. The minimum absolute atomic E-state index is 0.0714. The number of benzene rings is 2. The number of fused-ring (bicyclic) bond motifs is 1. The SMILES string of the molecule is N#Cc1ccc(CSCC(=O)N2CCC(C(=O)c3ccc4c(c3)OCCO4)CC2)cc1. The van der Waals surface area contributed by atoms with Gasteiger partial charge in [0, 0.05) is 30.3 Å². The van der Waals surface area contributed by atoms with Crippen LogP contribution in [-0.4, -0.2) is 48.6 Å². The molecule has 2 aliphatic rings. The lowest BCUT2D eigenvalue weighted by molar-refractivity contribution is -0.129. The first kappa shape index (κ1) is 21.3. The number of rotatable bonds is 6. The molecule has 2 heterocycles. The van der Waals surface area contributed by atoms with Crippen molar-refractivity contribution in [1.82, 2.24) is 4.90 Å². The molecular weight excluding hydrogens is 412 g/mol. The van der Waals surface area contributed by atoms with E-state index in [1.165, 1.54) is 0 Å². The molecule has 0 bridgehead atoms. The Balaban J connectivity index is 1.23. The van der Waals surface area contributed by atoms with Crippen molar-refractivity contribution in [2.45, 2.75) is 18.6 Å². The summed E-state index contributed by atoms with van der Waals surface area (Å²) in [5.41, 5.74) is 2.38. The summed E-state index contributed by atoms with van der Waals surface area (Å²) in [6.07, 6.45) is 1.36. The largest absolute Gasteiger partial charge is 0.486 e. The van der Waals surface area contributed by atoms with Gasteiger partial charge in [0.15, 0.2) is 17.3 Å². The molecule has 0 aliphatic carbocycles. The zero-order valence-corrected chi connectivity index (χ0v) is 18.0. The van der Waals surface area contributed by atoms with Gasteiger partial charge in [-0.1, -0.05) is 12.1 Å². The zero-order valence-electron chi connectivity index (χ0n) is 17.2. The Bertz CT molecular complexity index is 992. The molecule has 0 spiro atoms. The number of piperidine rings is 1. The van der Waals surface area contributed by atoms with Gasteiger partial charge in [0.2, 0.25) is 5.91 Å². The molecule has 2 aromatic rings. The smallest absolute Gasteiger partial charge is 0.232 e. The van der Waals surface area contributed by atoms with E-state index < -0.39 is 0 Å². The number of nitrogens with zero attached hydrogens (tertiary/aromatic N) is 2. The zero-order chi connectivity index (χ0) is 21.6. The van der Waals surface area contributed by atoms with E-state index in [4.69, 9.17) is 14.7 Å². The first-order chi connectivity index (χ1) is 15.1. The summed E-state index contributed by atoms with van der Waals surface area (Å²) in [5, 5.41) is 8.85. The Morgan fingerprint density at radius 3 is 2.45 bits per heavy atom. The van der Waals surface area contributed by atoms with Crippen LogP contribution in [0.25, 0.3) is 0 Å². The Morgan fingerprint density at radius 2 is 1.74 bits per heavy atom. The molecule has 1 saturated heterocycles. The number of amides is 1. The summed E-state index contributed by atoms with van der Waals surface area (Å²) in [4.78, 5) is 27.3. The molecule has 4 rings (SSSR count). The van der Waals surface area contributed by atoms with Gasteiger partial charge in [-0.25, -0.2) is 0 Å². The molecule has 0 unspecified atom stereocenters. The summed E-state index contributed by atoms with van der Waals surface area (Å²) in [5.74, 6) is 2.61. The average Bonchev–Trinajstić information content (AvgIpc) is 2.83. The monoisotopic (exact) mass is 436 g/mol. The van der Waals surface area contributed by atoms with E-state index in [0.717, 1.165) is 11.3 Å². The van der Waals surface area contributed by atoms with Crippen molar-refractivity contribution in [2.24, 2.45) is 5.92 Å². The summed E-state index contributed by atoms with van der Waals surface area (Å²) >= 11 is 1.57. The van der Waals surface area contributed by atoms with Gasteiger partial charge in [0.25, 0.3) is 0 Å². The summed E-state index contributed by atoms with van der Waals surface area (Å²) in [7, 11) is 0. The minimum Gasteiger partial charge on any atom is -0.486 e. The number of ketones is 1.